The van der Waals surface area contributed by atoms with Crippen LogP contribution in [0.4, 0.5) is 0 Å². The standard InChI is InChI=1S/C17H30N8O9/c18-5-11(27)23-8(2-1-3-21-17(19)20)14(31)22-6-12(28)24-9(4-13(29)30)15(32)25-10(7-26)16(33)34/h8-10,26H,1-7,18H2,(H,22,31)(H,23,27)(H,24,28)(H,25,32)(H,29,30)(H,33,34)(H4,19,20,21)/t8-,9-,10-/m1/s1. The van der Waals surface area contributed by atoms with Gasteiger partial charge in [0.1, 0.15) is 18.1 Å². The number of amides is 4. The molecule has 0 aliphatic carbocycles. The maximum atomic E-state index is 12.4. The van der Waals surface area contributed by atoms with Crippen molar-refractivity contribution in [3.8, 4) is 0 Å². The Morgan fingerprint density at radius 1 is 0.853 bits per heavy atom. The highest BCUT2D eigenvalue weighted by Crippen LogP contribution is 1.99. The number of nitrogens with one attached hydrogen (secondary N) is 4. The van der Waals surface area contributed by atoms with Gasteiger partial charge >= 0.3 is 11.9 Å². The van der Waals surface area contributed by atoms with E-state index in [1.165, 1.54) is 0 Å². The summed E-state index contributed by atoms with van der Waals surface area (Å²) in [6.45, 7) is -1.89. The van der Waals surface area contributed by atoms with Gasteiger partial charge in [-0.2, -0.15) is 0 Å². The first-order chi connectivity index (χ1) is 15.9. The lowest BCUT2D eigenvalue weighted by Gasteiger charge is -2.20. The zero-order valence-electron chi connectivity index (χ0n) is 18.2. The molecular weight excluding hydrogens is 460 g/mol. The summed E-state index contributed by atoms with van der Waals surface area (Å²) in [5.41, 5.74) is 15.6. The summed E-state index contributed by atoms with van der Waals surface area (Å²) in [5.74, 6) is -6.77. The Bertz CT molecular complexity index is 785. The number of guanidine groups is 1. The number of aliphatic hydroxyl groups is 1. The van der Waals surface area contributed by atoms with Gasteiger partial charge in [-0.15, -0.1) is 0 Å². The predicted octanol–water partition coefficient (Wildman–Crippen LogP) is -5.88. The van der Waals surface area contributed by atoms with Crippen molar-refractivity contribution in [3.63, 3.8) is 0 Å². The first-order valence-electron chi connectivity index (χ1n) is 9.88. The molecule has 4 amide bonds. The van der Waals surface area contributed by atoms with Crippen LogP contribution in [-0.2, 0) is 28.8 Å². The van der Waals surface area contributed by atoms with Gasteiger partial charge in [0.2, 0.25) is 23.6 Å². The van der Waals surface area contributed by atoms with Gasteiger partial charge in [0.05, 0.1) is 26.1 Å². The maximum absolute atomic E-state index is 12.4. The van der Waals surface area contributed by atoms with Gasteiger partial charge in [-0.1, -0.05) is 0 Å². The van der Waals surface area contributed by atoms with Crippen molar-refractivity contribution in [2.75, 3.05) is 26.2 Å². The highest BCUT2D eigenvalue weighted by Gasteiger charge is 2.28. The highest BCUT2D eigenvalue weighted by molar-refractivity contribution is 5.95. The van der Waals surface area contributed by atoms with E-state index in [1.54, 1.807) is 0 Å². The molecule has 0 aromatic carbocycles. The number of nitrogens with zero attached hydrogens (tertiary/aromatic N) is 1. The Hall–Kier alpha value is -3.99. The van der Waals surface area contributed by atoms with Crippen LogP contribution < -0.4 is 38.5 Å². The Morgan fingerprint density at radius 2 is 1.47 bits per heavy atom. The second kappa shape index (κ2) is 15.8. The van der Waals surface area contributed by atoms with E-state index in [0.29, 0.717) is 6.42 Å². The van der Waals surface area contributed by atoms with E-state index >= 15 is 0 Å². The largest absolute Gasteiger partial charge is 0.481 e. The van der Waals surface area contributed by atoms with Crippen LogP contribution in [0.5, 0.6) is 0 Å². The average molecular weight is 490 g/mol. The van der Waals surface area contributed by atoms with E-state index in [-0.39, 0.29) is 18.9 Å². The molecule has 34 heavy (non-hydrogen) atoms. The lowest BCUT2D eigenvalue weighted by molar-refractivity contribution is -0.144. The van der Waals surface area contributed by atoms with Crippen molar-refractivity contribution < 1.29 is 44.1 Å². The van der Waals surface area contributed by atoms with E-state index in [0.717, 1.165) is 0 Å². The third kappa shape index (κ3) is 12.8. The molecule has 0 bridgehead atoms. The van der Waals surface area contributed by atoms with E-state index in [1.807, 2.05) is 5.32 Å². The average Bonchev–Trinajstić information content (AvgIpc) is 2.76. The monoisotopic (exact) mass is 490 g/mol. The molecule has 0 heterocycles. The molecule has 0 rings (SSSR count). The Morgan fingerprint density at radius 3 is 1.97 bits per heavy atom. The van der Waals surface area contributed by atoms with Gasteiger partial charge in [0.15, 0.2) is 5.96 Å². The normalized spacial score (nSPS) is 12.9. The molecule has 0 unspecified atom stereocenters. The van der Waals surface area contributed by atoms with Crippen LogP contribution in [0.15, 0.2) is 4.99 Å². The van der Waals surface area contributed by atoms with Crippen LogP contribution in [0.1, 0.15) is 19.3 Å². The Kier molecular flexibility index (Phi) is 13.9. The topological polar surface area (TPSA) is 302 Å². The van der Waals surface area contributed by atoms with Crippen LogP contribution in [-0.4, -0.2) is 101 Å². The number of carboxylic acid groups (broad SMARTS) is 2. The van der Waals surface area contributed by atoms with E-state index in [4.69, 9.17) is 32.5 Å². The zero-order chi connectivity index (χ0) is 26.3. The van der Waals surface area contributed by atoms with Crippen molar-refractivity contribution in [1.82, 2.24) is 21.3 Å². The van der Waals surface area contributed by atoms with Crippen molar-refractivity contribution in [3.05, 3.63) is 0 Å². The van der Waals surface area contributed by atoms with Crippen LogP contribution in [0, 0.1) is 0 Å². The van der Waals surface area contributed by atoms with Crippen LogP contribution in [0.2, 0.25) is 0 Å². The maximum Gasteiger partial charge on any atom is 0.328 e. The summed E-state index contributed by atoms with van der Waals surface area (Å²) in [7, 11) is 0. The fourth-order valence-electron chi connectivity index (χ4n) is 2.40. The number of hydrogen-bond donors (Lipinski definition) is 10. The van der Waals surface area contributed by atoms with Crippen LogP contribution in [0.3, 0.4) is 0 Å². The SMILES string of the molecule is NCC(=O)N[C@H](CCCN=C(N)N)C(=O)NCC(=O)N[C@H](CC(=O)O)C(=O)N[C@H](CO)C(=O)O. The van der Waals surface area contributed by atoms with Crippen molar-refractivity contribution in [1.29, 1.82) is 0 Å². The summed E-state index contributed by atoms with van der Waals surface area (Å²) in [4.78, 5) is 73.9. The van der Waals surface area contributed by atoms with Gasteiger partial charge in [-0.3, -0.25) is 29.0 Å². The van der Waals surface area contributed by atoms with Crippen molar-refractivity contribution in [2.24, 2.45) is 22.2 Å². The minimum Gasteiger partial charge on any atom is -0.481 e. The third-order valence-corrected chi connectivity index (χ3v) is 4.03. The molecule has 0 fully saturated rings. The molecule has 0 aliphatic rings. The van der Waals surface area contributed by atoms with Crippen LogP contribution >= 0.6 is 0 Å². The first kappa shape index (κ1) is 30.0. The van der Waals surface area contributed by atoms with Crippen LogP contribution in [0.25, 0.3) is 0 Å². The van der Waals surface area contributed by atoms with Gasteiger partial charge < -0.3 is 53.8 Å². The third-order valence-electron chi connectivity index (χ3n) is 4.03. The summed E-state index contributed by atoms with van der Waals surface area (Å²) in [6, 6.07) is -4.49. The van der Waals surface area contributed by atoms with E-state index < -0.39 is 79.8 Å². The predicted molar refractivity (Wildman–Crippen MR) is 115 cm³/mol. The molecular formula is C17H30N8O9. The second-order valence-corrected chi connectivity index (χ2v) is 6.79. The van der Waals surface area contributed by atoms with E-state index in [2.05, 4.69) is 20.9 Å². The number of carbonyl (C=O) groups is 6. The molecule has 0 saturated heterocycles. The number of carbonyl (C=O) groups excluding carboxylic acids is 4. The molecule has 192 valence electrons. The number of aliphatic imine (C=N–C) groups is 1. The van der Waals surface area contributed by atoms with Gasteiger partial charge in [0.25, 0.3) is 0 Å². The molecule has 0 spiro atoms. The quantitative estimate of drug-likeness (QED) is 0.0549. The number of nitrogens with two attached hydrogens (primary N) is 3. The first-order valence-corrected chi connectivity index (χ1v) is 9.88. The number of carboxylic acids is 2. The number of hydrogen-bond acceptors (Lipinski definition) is 9. The fraction of sp³-hybridized carbons (Fsp3) is 0.588. The number of rotatable bonds is 16. The highest BCUT2D eigenvalue weighted by atomic mass is 16.4. The molecule has 3 atom stereocenters. The van der Waals surface area contributed by atoms with Gasteiger partial charge in [-0.25, -0.2) is 4.79 Å². The minimum atomic E-state index is -1.72. The molecule has 17 nitrogen and oxygen atoms in total. The number of aliphatic carboxylic acids is 2. The lowest BCUT2D eigenvalue weighted by atomic mass is 10.1. The van der Waals surface area contributed by atoms with Gasteiger partial charge in [0, 0.05) is 6.54 Å². The smallest absolute Gasteiger partial charge is 0.328 e. The summed E-state index contributed by atoms with van der Waals surface area (Å²) in [5, 5.41) is 35.3. The summed E-state index contributed by atoms with van der Waals surface area (Å²) < 4.78 is 0. The molecule has 13 N–H and O–H groups in total. The molecule has 0 aromatic rings. The second-order valence-electron chi connectivity index (χ2n) is 6.79. The lowest BCUT2D eigenvalue weighted by Crippen LogP contribution is -2.55. The van der Waals surface area contributed by atoms with E-state index in [9.17, 15) is 28.8 Å². The number of aliphatic hydroxyl groups excluding tert-OH is 1. The molecule has 0 radical (unpaired) electrons. The van der Waals surface area contributed by atoms with Gasteiger partial charge in [-0.05, 0) is 12.8 Å². The zero-order valence-corrected chi connectivity index (χ0v) is 18.2. The van der Waals surface area contributed by atoms with Crippen molar-refractivity contribution in [2.45, 2.75) is 37.4 Å². The Balaban J connectivity index is 5.04. The molecule has 0 saturated carbocycles. The van der Waals surface area contributed by atoms with Crippen molar-refractivity contribution >= 4 is 41.5 Å². The summed E-state index contributed by atoms with van der Waals surface area (Å²) >= 11 is 0. The molecule has 0 aromatic heterocycles. The Labute approximate surface area is 193 Å². The summed E-state index contributed by atoms with van der Waals surface area (Å²) in [6.07, 6.45) is -0.509. The minimum absolute atomic E-state index is 0.0950. The molecule has 17 heteroatoms. The molecule has 0 aliphatic heterocycles. The fourth-order valence-corrected chi connectivity index (χ4v) is 2.40.